The van der Waals surface area contributed by atoms with Crippen LogP contribution in [0.2, 0.25) is 0 Å². The van der Waals surface area contributed by atoms with Crippen molar-refractivity contribution in [2.24, 2.45) is 4.99 Å². The second kappa shape index (κ2) is 13.8. The van der Waals surface area contributed by atoms with Crippen LogP contribution in [-0.4, -0.2) is 45.2 Å². The lowest BCUT2D eigenvalue weighted by Gasteiger charge is -2.15. The molecule has 32 heavy (non-hydrogen) atoms. The molecule has 0 aromatic heterocycles. The van der Waals surface area contributed by atoms with Gasteiger partial charge in [0.25, 0.3) is 5.91 Å². The zero-order chi connectivity index (χ0) is 22.7. The monoisotopic (exact) mass is 564 g/mol. The first-order valence-corrected chi connectivity index (χ1v) is 9.97. The van der Waals surface area contributed by atoms with Crippen LogP contribution in [0, 0.1) is 0 Å². The fraction of sp³-hybridized carbons (Fsp3) is 0.364. The number of hydrogen-bond donors (Lipinski definition) is 3. The van der Waals surface area contributed by atoms with Gasteiger partial charge in [-0.15, -0.1) is 24.0 Å². The molecule has 10 heteroatoms. The quantitative estimate of drug-likeness (QED) is 0.187. The van der Waals surface area contributed by atoms with Crippen LogP contribution in [0.25, 0.3) is 0 Å². The number of nitrogens with one attached hydrogen (secondary N) is 3. The number of halogens is 4. The van der Waals surface area contributed by atoms with Gasteiger partial charge in [-0.3, -0.25) is 9.79 Å². The van der Waals surface area contributed by atoms with Crippen LogP contribution in [0.15, 0.2) is 53.5 Å². The first kappa shape index (κ1) is 27.5. The zero-order valence-electron chi connectivity index (χ0n) is 18.0. The second-order valence-corrected chi connectivity index (χ2v) is 6.56. The number of guanidine groups is 1. The van der Waals surface area contributed by atoms with Crippen LogP contribution in [0.3, 0.4) is 0 Å². The summed E-state index contributed by atoms with van der Waals surface area (Å²) in [5.74, 6) is 0.194. The number of hydrogen-bond acceptors (Lipinski definition) is 3. The van der Waals surface area contributed by atoms with Crippen molar-refractivity contribution in [2.75, 3.05) is 33.3 Å². The van der Waals surface area contributed by atoms with E-state index in [2.05, 4.69) is 20.9 Å². The number of ether oxygens (including phenoxy) is 1. The normalized spacial score (nSPS) is 11.3. The molecule has 1 amide bonds. The van der Waals surface area contributed by atoms with Crippen LogP contribution >= 0.6 is 24.0 Å². The average molecular weight is 564 g/mol. The number of para-hydroxylation sites is 1. The Morgan fingerprint density at radius 1 is 1.09 bits per heavy atom. The molecule has 6 nitrogen and oxygen atoms in total. The topological polar surface area (TPSA) is 74.8 Å². The highest BCUT2D eigenvalue weighted by atomic mass is 127. The predicted octanol–water partition coefficient (Wildman–Crippen LogP) is 3.86. The van der Waals surface area contributed by atoms with Gasteiger partial charge < -0.3 is 20.7 Å². The van der Waals surface area contributed by atoms with Crippen molar-refractivity contribution in [3.8, 4) is 5.75 Å². The Bertz CT molecular complexity index is 891. The lowest BCUT2D eigenvalue weighted by Crippen LogP contribution is -2.39. The lowest BCUT2D eigenvalue weighted by molar-refractivity contribution is -0.138. The molecule has 2 aromatic rings. The van der Waals surface area contributed by atoms with Crippen molar-refractivity contribution in [1.29, 1.82) is 0 Å². The first-order chi connectivity index (χ1) is 14.8. The van der Waals surface area contributed by atoms with Gasteiger partial charge in [0.1, 0.15) is 12.4 Å². The third-order valence-electron chi connectivity index (χ3n) is 4.28. The number of carbonyl (C=O) groups excluding carboxylic acids is 1. The van der Waals surface area contributed by atoms with Crippen molar-refractivity contribution in [1.82, 2.24) is 16.0 Å². The van der Waals surface area contributed by atoms with Gasteiger partial charge in [-0.1, -0.05) is 24.3 Å². The molecule has 0 aliphatic heterocycles. The molecular weight excluding hydrogens is 536 g/mol. The lowest BCUT2D eigenvalue weighted by atomic mass is 10.1. The molecule has 0 saturated heterocycles. The van der Waals surface area contributed by atoms with E-state index in [9.17, 15) is 18.0 Å². The summed E-state index contributed by atoms with van der Waals surface area (Å²) in [7, 11) is 1.58. The van der Waals surface area contributed by atoms with E-state index in [1.54, 1.807) is 13.1 Å². The minimum atomic E-state index is -4.46. The molecule has 0 heterocycles. The van der Waals surface area contributed by atoms with E-state index < -0.39 is 11.7 Å². The summed E-state index contributed by atoms with van der Waals surface area (Å²) in [4.78, 5) is 16.2. The van der Waals surface area contributed by atoms with Gasteiger partial charge in [0, 0.05) is 25.7 Å². The fourth-order valence-corrected chi connectivity index (χ4v) is 2.81. The summed E-state index contributed by atoms with van der Waals surface area (Å²) < 4.78 is 44.3. The molecule has 0 atom stereocenters. The van der Waals surface area contributed by atoms with E-state index in [0.717, 1.165) is 11.6 Å². The summed E-state index contributed by atoms with van der Waals surface area (Å²) in [6, 6.07) is 12.4. The third kappa shape index (κ3) is 8.93. The Morgan fingerprint density at radius 3 is 2.53 bits per heavy atom. The molecular formula is C22H28F3IN4O2. The Morgan fingerprint density at radius 2 is 1.84 bits per heavy atom. The number of benzene rings is 2. The van der Waals surface area contributed by atoms with Gasteiger partial charge in [0.05, 0.1) is 12.1 Å². The molecule has 0 fully saturated rings. The number of alkyl halides is 3. The largest absolute Gasteiger partial charge is 0.491 e. The molecule has 0 radical (unpaired) electrons. The highest BCUT2D eigenvalue weighted by Gasteiger charge is 2.33. The smallest absolute Gasteiger partial charge is 0.419 e. The van der Waals surface area contributed by atoms with Gasteiger partial charge in [-0.2, -0.15) is 13.2 Å². The van der Waals surface area contributed by atoms with Gasteiger partial charge in [0.15, 0.2) is 5.96 Å². The highest BCUT2D eigenvalue weighted by molar-refractivity contribution is 14.0. The van der Waals surface area contributed by atoms with Crippen molar-refractivity contribution in [3.63, 3.8) is 0 Å². The van der Waals surface area contributed by atoms with Gasteiger partial charge in [0.2, 0.25) is 0 Å². The summed E-state index contributed by atoms with van der Waals surface area (Å²) in [6.45, 7) is 3.36. The first-order valence-electron chi connectivity index (χ1n) is 9.97. The maximum atomic E-state index is 13.0. The summed E-state index contributed by atoms with van der Waals surface area (Å²) in [5, 5.41) is 8.71. The standard InChI is InChI=1S/C22H27F3N4O2.HI/c1-3-27-21(28-12-11-16-7-6-8-17(15-16)20(30)26-2)29-13-14-31-19-10-5-4-9-18(19)22(23,24)25;/h4-10,15H,3,11-14H2,1-2H3,(H,26,30)(H2,27,28,29);1H. The molecule has 0 spiro atoms. The Labute approximate surface area is 203 Å². The maximum Gasteiger partial charge on any atom is 0.419 e. The van der Waals surface area contributed by atoms with Crippen LogP contribution in [0.4, 0.5) is 13.2 Å². The summed E-state index contributed by atoms with van der Waals surface area (Å²) >= 11 is 0. The number of carbonyl (C=O) groups is 1. The van der Waals surface area contributed by atoms with Gasteiger partial charge >= 0.3 is 6.18 Å². The average Bonchev–Trinajstić information content (AvgIpc) is 2.76. The molecule has 3 N–H and O–H groups in total. The molecule has 0 aliphatic carbocycles. The number of nitrogens with zero attached hydrogens (tertiary/aromatic N) is 1. The Kier molecular flexibility index (Phi) is 11.9. The molecule has 0 saturated carbocycles. The molecule has 0 aliphatic rings. The van der Waals surface area contributed by atoms with E-state index in [4.69, 9.17) is 4.74 Å². The minimum Gasteiger partial charge on any atom is -0.491 e. The minimum absolute atomic E-state index is 0. The van der Waals surface area contributed by atoms with Crippen LogP contribution in [0.5, 0.6) is 5.75 Å². The van der Waals surface area contributed by atoms with E-state index in [1.807, 2.05) is 25.1 Å². The fourth-order valence-electron chi connectivity index (χ4n) is 2.81. The van der Waals surface area contributed by atoms with Crippen molar-refractivity contribution in [2.45, 2.75) is 19.5 Å². The Hall–Kier alpha value is -2.50. The second-order valence-electron chi connectivity index (χ2n) is 6.56. The molecule has 2 aromatic carbocycles. The number of aliphatic imine (C=N–C) groups is 1. The van der Waals surface area contributed by atoms with Crippen molar-refractivity contribution >= 4 is 35.8 Å². The van der Waals surface area contributed by atoms with Crippen LogP contribution < -0.4 is 20.7 Å². The number of amides is 1. The highest BCUT2D eigenvalue weighted by Crippen LogP contribution is 2.35. The summed E-state index contributed by atoms with van der Waals surface area (Å²) in [6.07, 6.45) is -3.83. The van der Waals surface area contributed by atoms with Crippen molar-refractivity contribution < 1.29 is 22.7 Å². The van der Waals surface area contributed by atoms with E-state index in [1.165, 1.54) is 18.2 Å². The SMILES string of the molecule is CCNC(=NCCc1cccc(C(=O)NC)c1)NCCOc1ccccc1C(F)(F)F.I. The molecule has 0 unspecified atom stereocenters. The third-order valence-corrected chi connectivity index (χ3v) is 4.28. The zero-order valence-corrected chi connectivity index (χ0v) is 20.3. The molecule has 176 valence electrons. The maximum absolute atomic E-state index is 13.0. The van der Waals surface area contributed by atoms with Gasteiger partial charge in [-0.25, -0.2) is 0 Å². The van der Waals surface area contributed by atoms with Crippen LogP contribution in [0.1, 0.15) is 28.4 Å². The predicted molar refractivity (Wildman–Crippen MR) is 130 cm³/mol. The summed E-state index contributed by atoms with van der Waals surface area (Å²) in [5.41, 5.74) is 0.771. The van der Waals surface area contributed by atoms with Crippen molar-refractivity contribution in [3.05, 3.63) is 65.2 Å². The number of rotatable bonds is 9. The van der Waals surface area contributed by atoms with E-state index >= 15 is 0 Å². The van der Waals surface area contributed by atoms with Crippen LogP contribution in [-0.2, 0) is 12.6 Å². The molecule has 2 rings (SSSR count). The Balaban J connectivity index is 0.00000512. The molecule has 0 bridgehead atoms. The van der Waals surface area contributed by atoms with E-state index in [-0.39, 0.29) is 48.8 Å². The van der Waals surface area contributed by atoms with Gasteiger partial charge in [-0.05, 0) is 43.2 Å². The van der Waals surface area contributed by atoms with E-state index in [0.29, 0.717) is 31.0 Å².